The summed E-state index contributed by atoms with van der Waals surface area (Å²) in [6.45, 7) is 3.38. The number of fused-ring (bicyclic) bond motifs is 1. The van der Waals surface area contributed by atoms with Gasteiger partial charge in [-0.3, -0.25) is 4.79 Å². The van der Waals surface area contributed by atoms with Crippen molar-refractivity contribution in [3.05, 3.63) is 45.5 Å². The molecule has 29 heavy (non-hydrogen) atoms. The molecule has 3 aromatic rings. The van der Waals surface area contributed by atoms with E-state index in [0.29, 0.717) is 35.1 Å². The zero-order valence-electron chi connectivity index (χ0n) is 15.7. The summed E-state index contributed by atoms with van der Waals surface area (Å²) in [4.78, 5) is 17.9. The molecule has 1 aliphatic heterocycles. The Kier molecular flexibility index (Phi) is 5.94. The van der Waals surface area contributed by atoms with Gasteiger partial charge in [-0.25, -0.2) is 8.42 Å². The minimum Gasteiger partial charge on any atom is -0.317 e. The number of rotatable bonds is 4. The lowest BCUT2D eigenvalue weighted by atomic mass is 9.98. The molecule has 1 fully saturated rings. The van der Waals surface area contributed by atoms with Crippen molar-refractivity contribution in [1.82, 2.24) is 8.87 Å². The van der Waals surface area contributed by atoms with Crippen LogP contribution in [0.2, 0.25) is 4.34 Å². The predicted molar refractivity (Wildman–Crippen MR) is 117 cm³/mol. The average Bonchev–Trinajstić information content (AvgIpc) is 3.31. The van der Waals surface area contributed by atoms with Gasteiger partial charge in [0.25, 0.3) is 15.9 Å². The first kappa shape index (κ1) is 20.7. The number of benzene rings is 1. The third-order valence-corrected chi connectivity index (χ3v) is 9.71. The molecule has 0 bridgehead atoms. The first-order valence-electron chi connectivity index (χ1n) is 9.32. The molecule has 0 saturated carbocycles. The number of aryl methyl sites for hydroxylation is 1. The number of hydrogen-bond acceptors (Lipinski definition) is 5. The number of para-hydroxylation sites is 1. The first-order valence-corrected chi connectivity index (χ1v) is 12.8. The zero-order valence-corrected chi connectivity index (χ0v) is 19.0. The summed E-state index contributed by atoms with van der Waals surface area (Å²) < 4.78 is 30.7. The van der Waals surface area contributed by atoms with E-state index in [1.54, 1.807) is 6.07 Å². The molecule has 1 amide bonds. The van der Waals surface area contributed by atoms with E-state index in [0.717, 1.165) is 28.1 Å². The highest BCUT2D eigenvalue weighted by atomic mass is 35.5. The average molecular weight is 470 g/mol. The van der Waals surface area contributed by atoms with Crippen LogP contribution in [0.4, 0.5) is 0 Å². The number of thiazole rings is 1. The maximum atomic E-state index is 12.8. The SMILES string of the molecule is CCn1c(=NC(=O)C2CCN(S(=O)(=O)c3ccc(Cl)s3)CC2)sc2ccccc21. The van der Waals surface area contributed by atoms with Crippen LogP contribution in [0, 0.1) is 5.92 Å². The molecule has 1 saturated heterocycles. The number of carbonyl (C=O) groups is 1. The molecule has 3 heterocycles. The summed E-state index contributed by atoms with van der Waals surface area (Å²) in [5.41, 5.74) is 1.07. The molecule has 4 rings (SSSR count). The van der Waals surface area contributed by atoms with Gasteiger partial charge < -0.3 is 4.57 Å². The summed E-state index contributed by atoms with van der Waals surface area (Å²) in [6, 6.07) is 11.1. The lowest BCUT2D eigenvalue weighted by molar-refractivity contribution is -0.122. The fourth-order valence-electron chi connectivity index (χ4n) is 3.50. The third-order valence-electron chi connectivity index (χ3n) is 5.06. The van der Waals surface area contributed by atoms with E-state index in [9.17, 15) is 13.2 Å². The van der Waals surface area contributed by atoms with Gasteiger partial charge in [0, 0.05) is 25.6 Å². The first-order chi connectivity index (χ1) is 13.9. The van der Waals surface area contributed by atoms with Crippen molar-refractivity contribution < 1.29 is 13.2 Å². The number of carbonyl (C=O) groups excluding carboxylic acids is 1. The topological polar surface area (TPSA) is 71.7 Å². The van der Waals surface area contributed by atoms with Gasteiger partial charge in [-0.2, -0.15) is 9.30 Å². The van der Waals surface area contributed by atoms with E-state index in [2.05, 4.69) is 4.99 Å². The molecule has 2 aromatic heterocycles. The largest absolute Gasteiger partial charge is 0.317 e. The smallest absolute Gasteiger partial charge is 0.252 e. The molecular weight excluding hydrogens is 450 g/mol. The van der Waals surface area contributed by atoms with Crippen LogP contribution in [-0.2, 0) is 21.4 Å². The van der Waals surface area contributed by atoms with Gasteiger partial charge in [0.15, 0.2) is 4.80 Å². The Morgan fingerprint density at radius 2 is 1.90 bits per heavy atom. The van der Waals surface area contributed by atoms with E-state index in [-0.39, 0.29) is 16.0 Å². The molecular formula is C19H20ClN3O3S3. The number of nitrogens with zero attached hydrogens (tertiary/aromatic N) is 3. The van der Waals surface area contributed by atoms with Crippen molar-refractivity contribution >= 4 is 60.4 Å². The highest BCUT2D eigenvalue weighted by Gasteiger charge is 2.33. The van der Waals surface area contributed by atoms with Crippen molar-refractivity contribution in [2.75, 3.05) is 13.1 Å². The van der Waals surface area contributed by atoms with Gasteiger partial charge in [0.05, 0.1) is 14.6 Å². The monoisotopic (exact) mass is 469 g/mol. The number of piperidine rings is 1. The highest BCUT2D eigenvalue weighted by Crippen LogP contribution is 2.30. The Labute approximate surface area is 182 Å². The minimum atomic E-state index is -3.55. The van der Waals surface area contributed by atoms with E-state index in [1.165, 1.54) is 21.7 Å². The Morgan fingerprint density at radius 1 is 1.17 bits per heavy atom. The standard InChI is InChI=1S/C19H20ClN3O3S3/c1-2-23-14-5-3-4-6-15(14)27-19(23)21-18(24)13-9-11-22(12-10-13)29(25,26)17-8-7-16(20)28-17/h3-8,13H,2,9-12H2,1H3. The van der Waals surface area contributed by atoms with E-state index >= 15 is 0 Å². The van der Waals surface area contributed by atoms with E-state index < -0.39 is 10.0 Å². The van der Waals surface area contributed by atoms with Crippen LogP contribution in [0.1, 0.15) is 19.8 Å². The number of thiophene rings is 1. The van der Waals surface area contributed by atoms with E-state index in [1.807, 2.05) is 35.8 Å². The van der Waals surface area contributed by atoms with Gasteiger partial charge in [-0.15, -0.1) is 11.3 Å². The summed E-state index contributed by atoms with van der Waals surface area (Å²) in [6.07, 6.45) is 0.940. The third kappa shape index (κ3) is 4.06. The molecule has 6 nitrogen and oxygen atoms in total. The molecule has 0 spiro atoms. The quantitative estimate of drug-likeness (QED) is 0.580. The van der Waals surface area contributed by atoms with Gasteiger partial charge in [0.2, 0.25) is 0 Å². The summed E-state index contributed by atoms with van der Waals surface area (Å²) in [5, 5.41) is 0. The van der Waals surface area contributed by atoms with Crippen LogP contribution in [0.5, 0.6) is 0 Å². The van der Waals surface area contributed by atoms with Crippen molar-refractivity contribution in [1.29, 1.82) is 0 Å². The second kappa shape index (κ2) is 8.31. The fourth-order valence-corrected chi connectivity index (χ4v) is 7.71. The van der Waals surface area contributed by atoms with Gasteiger partial charge in [-0.05, 0) is 44.0 Å². The number of halogens is 1. The van der Waals surface area contributed by atoms with Crippen LogP contribution in [0.15, 0.2) is 45.6 Å². The molecule has 1 aliphatic rings. The number of amides is 1. The molecule has 1 aromatic carbocycles. The predicted octanol–water partition coefficient (Wildman–Crippen LogP) is 3.97. The molecule has 0 N–H and O–H groups in total. The summed E-state index contributed by atoms with van der Waals surface area (Å²) >= 11 is 8.43. The maximum Gasteiger partial charge on any atom is 0.252 e. The summed E-state index contributed by atoms with van der Waals surface area (Å²) in [7, 11) is -3.55. The molecule has 0 aliphatic carbocycles. The maximum absolute atomic E-state index is 12.8. The lowest BCUT2D eigenvalue weighted by Crippen LogP contribution is -2.40. The second-order valence-electron chi connectivity index (χ2n) is 6.78. The number of hydrogen-bond donors (Lipinski definition) is 0. The molecule has 0 atom stereocenters. The van der Waals surface area contributed by atoms with Crippen LogP contribution in [-0.4, -0.2) is 36.3 Å². The van der Waals surface area contributed by atoms with Crippen molar-refractivity contribution in [3.8, 4) is 0 Å². The zero-order chi connectivity index (χ0) is 20.6. The summed E-state index contributed by atoms with van der Waals surface area (Å²) in [5.74, 6) is -0.432. The Hall–Kier alpha value is -1.52. The van der Waals surface area contributed by atoms with Crippen molar-refractivity contribution in [2.24, 2.45) is 10.9 Å². The van der Waals surface area contributed by atoms with Gasteiger partial charge in [0.1, 0.15) is 4.21 Å². The van der Waals surface area contributed by atoms with Gasteiger partial charge in [-0.1, -0.05) is 35.1 Å². The number of sulfonamides is 1. The normalized spacial score (nSPS) is 17.2. The van der Waals surface area contributed by atoms with Crippen molar-refractivity contribution in [3.63, 3.8) is 0 Å². The molecule has 154 valence electrons. The van der Waals surface area contributed by atoms with E-state index in [4.69, 9.17) is 11.6 Å². The Morgan fingerprint density at radius 3 is 2.55 bits per heavy atom. The molecule has 0 unspecified atom stereocenters. The van der Waals surface area contributed by atoms with Crippen LogP contribution in [0.3, 0.4) is 0 Å². The Balaban J connectivity index is 1.51. The second-order valence-corrected chi connectivity index (χ2v) is 11.7. The lowest BCUT2D eigenvalue weighted by Gasteiger charge is -2.29. The number of aromatic nitrogens is 1. The molecule has 0 radical (unpaired) electrons. The fraction of sp³-hybridized carbons (Fsp3) is 0.368. The van der Waals surface area contributed by atoms with Crippen LogP contribution < -0.4 is 4.80 Å². The van der Waals surface area contributed by atoms with Crippen molar-refractivity contribution in [2.45, 2.75) is 30.5 Å². The molecule has 10 heteroatoms. The highest BCUT2D eigenvalue weighted by molar-refractivity contribution is 7.91. The van der Waals surface area contributed by atoms with Gasteiger partial charge >= 0.3 is 0 Å². The minimum absolute atomic E-state index is 0.171. The van der Waals surface area contributed by atoms with Crippen LogP contribution in [0.25, 0.3) is 10.2 Å². The Bertz CT molecular complexity index is 1220. The van der Waals surface area contributed by atoms with Crippen LogP contribution >= 0.6 is 34.3 Å².